The minimum atomic E-state index is -4.51. The van der Waals surface area contributed by atoms with E-state index in [0.29, 0.717) is 0 Å². The molecule has 0 radical (unpaired) electrons. The Hall–Kier alpha value is -0.860. The van der Waals surface area contributed by atoms with E-state index >= 15 is 0 Å². The zero-order valence-corrected chi connectivity index (χ0v) is 10.3. The average Bonchev–Trinajstić information content (AvgIpc) is 2.16. The van der Waals surface area contributed by atoms with Crippen LogP contribution < -0.4 is 0 Å². The second kappa shape index (κ2) is 4.98. The number of nitrogens with zero attached hydrogens (tertiary/aromatic N) is 1. The number of pyridine rings is 1. The highest BCUT2D eigenvalue weighted by molar-refractivity contribution is 14.1. The molecule has 1 rings (SSSR count). The van der Waals surface area contributed by atoms with Crippen molar-refractivity contribution in [3.63, 3.8) is 0 Å². The molecule has 0 N–H and O–H groups in total. The van der Waals surface area contributed by atoms with E-state index in [9.17, 15) is 18.0 Å². The van der Waals surface area contributed by atoms with E-state index in [-0.39, 0.29) is 15.7 Å². The Kier molecular flexibility index (Phi) is 4.11. The number of aromatic nitrogens is 1. The van der Waals surface area contributed by atoms with Gasteiger partial charge in [0.25, 0.3) is 0 Å². The van der Waals surface area contributed by atoms with Gasteiger partial charge in [-0.15, -0.1) is 0 Å². The Labute approximate surface area is 103 Å². The van der Waals surface area contributed by atoms with Crippen LogP contribution in [0.3, 0.4) is 0 Å². The number of alkyl halides is 3. The number of hydrogen-bond donors (Lipinski definition) is 0. The van der Waals surface area contributed by atoms with Crippen LogP contribution in [-0.2, 0) is 10.9 Å². The molecule has 88 valence electrons. The van der Waals surface area contributed by atoms with Crippen molar-refractivity contribution in [2.24, 2.45) is 0 Å². The highest BCUT2D eigenvalue weighted by atomic mass is 127. The smallest absolute Gasteiger partial charge is 0.434 e. The molecule has 3 nitrogen and oxygen atoms in total. The van der Waals surface area contributed by atoms with Gasteiger partial charge in [-0.05, 0) is 35.6 Å². The van der Waals surface area contributed by atoms with Crippen LogP contribution in [0.4, 0.5) is 13.2 Å². The number of rotatable bonds is 2. The van der Waals surface area contributed by atoms with Crippen molar-refractivity contribution in [3.05, 3.63) is 27.1 Å². The monoisotopic (exact) mass is 345 g/mol. The van der Waals surface area contributed by atoms with Crippen molar-refractivity contribution in [1.29, 1.82) is 0 Å². The van der Waals surface area contributed by atoms with E-state index in [1.165, 1.54) is 22.6 Å². The maximum atomic E-state index is 12.3. The van der Waals surface area contributed by atoms with Gasteiger partial charge in [0.05, 0.1) is 12.2 Å². The quantitative estimate of drug-likeness (QED) is 0.611. The van der Waals surface area contributed by atoms with Crippen LogP contribution in [-0.4, -0.2) is 17.6 Å². The highest BCUT2D eigenvalue weighted by Crippen LogP contribution is 2.31. The van der Waals surface area contributed by atoms with Crippen LogP contribution in [0.2, 0.25) is 0 Å². The van der Waals surface area contributed by atoms with Gasteiger partial charge in [0.15, 0.2) is 5.69 Å². The zero-order valence-electron chi connectivity index (χ0n) is 8.14. The van der Waals surface area contributed by atoms with Gasteiger partial charge >= 0.3 is 12.1 Å². The first-order chi connectivity index (χ1) is 7.36. The SMILES string of the molecule is CCOC(=O)c1cnc(C(F)(F)F)c(I)c1. The molecule has 0 atom stereocenters. The van der Waals surface area contributed by atoms with Crippen molar-refractivity contribution >= 4 is 28.6 Å². The number of hydrogen-bond acceptors (Lipinski definition) is 3. The molecule has 1 aromatic heterocycles. The maximum Gasteiger partial charge on any atom is 0.434 e. The number of esters is 1. The highest BCUT2D eigenvalue weighted by Gasteiger charge is 2.35. The second-order valence-electron chi connectivity index (χ2n) is 2.77. The standard InChI is InChI=1S/C9H7F3INO2/c1-2-16-8(15)5-3-6(13)7(14-4-5)9(10,11)12/h3-4H,2H2,1H3. The third kappa shape index (κ3) is 3.06. The molecule has 16 heavy (non-hydrogen) atoms. The Balaban J connectivity index is 3.05. The normalized spacial score (nSPS) is 11.3. The Bertz CT molecular complexity index is 406. The fourth-order valence-corrected chi connectivity index (χ4v) is 1.75. The lowest BCUT2D eigenvalue weighted by Gasteiger charge is -2.08. The Morgan fingerprint density at radius 2 is 2.19 bits per heavy atom. The molecule has 0 unspecified atom stereocenters. The molecule has 1 aromatic rings. The molecule has 0 spiro atoms. The first-order valence-corrected chi connectivity index (χ1v) is 5.34. The zero-order chi connectivity index (χ0) is 12.3. The molecule has 0 saturated heterocycles. The number of halogens is 4. The molecule has 0 amide bonds. The average molecular weight is 345 g/mol. The van der Waals surface area contributed by atoms with Crippen molar-refractivity contribution in [3.8, 4) is 0 Å². The van der Waals surface area contributed by atoms with Crippen molar-refractivity contribution in [1.82, 2.24) is 4.98 Å². The predicted molar refractivity (Wildman–Crippen MR) is 57.9 cm³/mol. The molecular weight excluding hydrogens is 338 g/mol. The van der Waals surface area contributed by atoms with Gasteiger partial charge in [-0.2, -0.15) is 13.2 Å². The van der Waals surface area contributed by atoms with Crippen molar-refractivity contribution < 1.29 is 22.7 Å². The molecule has 0 aliphatic rings. The maximum absolute atomic E-state index is 12.3. The van der Waals surface area contributed by atoms with E-state index in [4.69, 9.17) is 0 Å². The first kappa shape index (κ1) is 13.2. The third-order valence-electron chi connectivity index (χ3n) is 1.62. The summed E-state index contributed by atoms with van der Waals surface area (Å²) in [6, 6.07) is 1.11. The van der Waals surface area contributed by atoms with Crippen molar-refractivity contribution in [2.45, 2.75) is 13.1 Å². The van der Waals surface area contributed by atoms with Gasteiger partial charge in [-0.25, -0.2) is 9.78 Å². The molecule has 0 aliphatic heterocycles. The fraction of sp³-hybridized carbons (Fsp3) is 0.333. The topological polar surface area (TPSA) is 39.2 Å². The summed E-state index contributed by atoms with van der Waals surface area (Å²) in [6.45, 7) is 1.77. The summed E-state index contributed by atoms with van der Waals surface area (Å²) in [6.07, 6.45) is -3.65. The minimum Gasteiger partial charge on any atom is -0.462 e. The van der Waals surface area contributed by atoms with E-state index in [0.717, 1.165) is 12.3 Å². The van der Waals surface area contributed by atoms with Crippen LogP contribution >= 0.6 is 22.6 Å². The van der Waals surface area contributed by atoms with Crippen LogP contribution in [0.5, 0.6) is 0 Å². The molecule has 0 aromatic carbocycles. The molecule has 1 heterocycles. The number of carbonyl (C=O) groups is 1. The lowest BCUT2D eigenvalue weighted by Crippen LogP contribution is -2.13. The van der Waals surface area contributed by atoms with Crippen LogP contribution in [0.1, 0.15) is 23.0 Å². The predicted octanol–water partition coefficient (Wildman–Crippen LogP) is 2.88. The largest absolute Gasteiger partial charge is 0.462 e. The molecule has 0 bridgehead atoms. The Morgan fingerprint density at radius 1 is 1.56 bits per heavy atom. The van der Waals surface area contributed by atoms with Gasteiger partial charge < -0.3 is 4.74 Å². The number of ether oxygens (including phenoxy) is 1. The van der Waals surface area contributed by atoms with Crippen LogP contribution in [0.25, 0.3) is 0 Å². The summed E-state index contributed by atoms with van der Waals surface area (Å²) >= 11 is 1.48. The van der Waals surface area contributed by atoms with Crippen LogP contribution in [0.15, 0.2) is 12.3 Å². The summed E-state index contributed by atoms with van der Waals surface area (Å²) in [5.74, 6) is -0.679. The van der Waals surface area contributed by atoms with Crippen LogP contribution in [0, 0.1) is 3.57 Å². The molecule has 0 aliphatic carbocycles. The van der Waals surface area contributed by atoms with Crippen molar-refractivity contribution in [2.75, 3.05) is 6.61 Å². The van der Waals surface area contributed by atoms with Gasteiger partial charge in [-0.1, -0.05) is 0 Å². The lowest BCUT2D eigenvalue weighted by atomic mass is 10.2. The third-order valence-corrected chi connectivity index (χ3v) is 2.44. The summed E-state index contributed by atoms with van der Waals surface area (Å²) in [5.41, 5.74) is -0.986. The minimum absolute atomic E-state index is 0.0132. The molecular formula is C9H7F3INO2. The second-order valence-corrected chi connectivity index (χ2v) is 3.93. The van der Waals surface area contributed by atoms with Gasteiger partial charge in [-0.3, -0.25) is 0 Å². The summed E-state index contributed by atoms with van der Waals surface area (Å²) in [4.78, 5) is 14.4. The first-order valence-electron chi connectivity index (χ1n) is 4.26. The summed E-state index contributed by atoms with van der Waals surface area (Å²) < 4.78 is 41.6. The van der Waals surface area contributed by atoms with E-state index < -0.39 is 17.8 Å². The van der Waals surface area contributed by atoms with Gasteiger partial charge in [0, 0.05) is 9.77 Å². The van der Waals surface area contributed by atoms with Gasteiger partial charge in [0.1, 0.15) is 0 Å². The molecule has 0 saturated carbocycles. The number of carbonyl (C=O) groups excluding carboxylic acids is 1. The van der Waals surface area contributed by atoms with Gasteiger partial charge in [0.2, 0.25) is 0 Å². The van der Waals surface area contributed by atoms with E-state index in [1.807, 2.05) is 0 Å². The lowest BCUT2D eigenvalue weighted by molar-refractivity contribution is -0.141. The fourth-order valence-electron chi connectivity index (χ4n) is 0.973. The van der Waals surface area contributed by atoms with E-state index in [2.05, 4.69) is 9.72 Å². The van der Waals surface area contributed by atoms with E-state index in [1.54, 1.807) is 6.92 Å². The molecule has 0 fully saturated rings. The summed E-state index contributed by atoms with van der Waals surface area (Å²) in [7, 11) is 0. The Morgan fingerprint density at radius 3 is 2.62 bits per heavy atom. The summed E-state index contributed by atoms with van der Waals surface area (Å²) in [5, 5.41) is 0. The molecule has 7 heteroatoms.